The standard InChI is InChI=1S/C6H8N2OS/c1-3-5(4(2)9)8-6(10)7-3/h1-2H3,(H2,7,8,10). The van der Waals surface area contributed by atoms with Gasteiger partial charge in [-0.15, -0.1) is 0 Å². The van der Waals surface area contributed by atoms with Crippen molar-refractivity contribution in [2.45, 2.75) is 13.8 Å². The van der Waals surface area contributed by atoms with Crippen LogP contribution in [0.4, 0.5) is 0 Å². The first-order valence-electron chi connectivity index (χ1n) is 2.91. The minimum Gasteiger partial charge on any atom is -0.334 e. The topological polar surface area (TPSA) is 48.6 Å². The van der Waals surface area contributed by atoms with Gasteiger partial charge in [0.15, 0.2) is 10.6 Å². The first kappa shape index (κ1) is 7.21. The van der Waals surface area contributed by atoms with E-state index in [1.165, 1.54) is 6.92 Å². The van der Waals surface area contributed by atoms with Gasteiger partial charge in [0, 0.05) is 12.6 Å². The number of aromatic amines is 2. The van der Waals surface area contributed by atoms with Crippen molar-refractivity contribution in [3.63, 3.8) is 0 Å². The Labute approximate surface area is 63.5 Å². The average Bonchev–Trinajstić information content (AvgIpc) is 2.10. The average molecular weight is 156 g/mol. The molecule has 1 heterocycles. The van der Waals surface area contributed by atoms with Crippen molar-refractivity contribution < 1.29 is 4.79 Å². The molecule has 2 N–H and O–H groups in total. The maximum absolute atomic E-state index is 10.8. The summed E-state index contributed by atoms with van der Waals surface area (Å²) in [4.78, 5) is 16.4. The van der Waals surface area contributed by atoms with Gasteiger partial charge < -0.3 is 9.97 Å². The summed E-state index contributed by atoms with van der Waals surface area (Å²) in [5.41, 5.74) is 1.38. The summed E-state index contributed by atoms with van der Waals surface area (Å²) < 4.78 is 0.503. The molecule has 0 amide bonds. The van der Waals surface area contributed by atoms with Crippen LogP contribution in [0.25, 0.3) is 0 Å². The van der Waals surface area contributed by atoms with Gasteiger partial charge in [-0.1, -0.05) is 0 Å². The third-order valence-corrected chi connectivity index (χ3v) is 1.47. The van der Waals surface area contributed by atoms with Crippen LogP contribution in [-0.4, -0.2) is 15.8 Å². The molecule has 0 aliphatic carbocycles. The van der Waals surface area contributed by atoms with Crippen LogP contribution in [0.5, 0.6) is 0 Å². The summed E-state index contributed by atoms with van der Waals surface area (Å²) >= 11 is 4.78. The largest absolute Gasteiger partial charge is 0.334 e. The highest BCUT2D eigenvalue weighted by molar-refractivity contribution is 7.71. The maximum Gasteiger partial charge on any atom is 0.177 e. The quantitative estimate of drug-likeness (QED) is 0.479. The fraction of sp³-hybridized carbons (Fsp3) is 0.333. The number of carbonyl (C=O) groups excluding carboxylic acids is 1. The molecule has 0 radical (unpaired) electrons. The highest BCUT2D eigenvalue weighted by atomic mass is 32.1. The molecule has 0 saturated carbocycles. The lowest BCUT2D eigenvalue weighted by molar-refractivity contribution is 0.101. The van der Waals surface area contributed by atoms with Crippen LogP contribution in [0.1, 0.15) is 23.1 Å². The van der Waals surface area contributed by atoms with Crippen molar-refractivity contribution >= 4 is 18.0 Å². The number of Topliss-reactive ketones (excluding diaryl/α,β-unsaturated/α-hetero) is 1. The molecule has 0 aliphatic rings. The molecule has 0 fully saturated rings. The van der Waals surface area contributed by atoms with Gasteiger partial charge in [0.05, 0.1) is 0 Å². The summed E-state index contributed by atoms with van der Waals surface area (Å²) in [6, 6.07) is 0. The van der Waals surface area contributed by atoms with Crippen molar-refractivity contribution in [3.05, 3.63) is 16.2 Å². The summed E-state index contributed by atoms with van der Waals surface area (Å²) in [6.07, 6.45) is 0. The highest BCUT2D eigenvalue weighted by Crippen LogP contribution is 2.01. The fourth-order valence-corrected chi connectivity index (χ4v) is 1.08. The number of aromatic nitrogens is 2. The number of nitrogens with one attached hydrogen (secondary N) is 2. The van der Waals surface area contributed by atoms with Gasteiger partial charge in [0.25, 0.3) is 0 Å². The van der Waals surface area contributed by atoms with Crippen LogP contribution in [0, 0.1) is 11.7 Å². The van der Waals surface area contributed by atoms with Gasteiger partial charge in [-0.25, -0.2) is 0 Å². The number of hydrogen-bond acceptors (Lipinski definition) is 2. The molecule has 0 atom stereocenters. The first-order valence-corrected chi connectivity index (χ1v) is 3.32. The zero-order valence-corrected chi connectivity index (χ0v) is 6.63. The Hall–Kier alpha value is -0.900. The predicted molar refractivity (Wildman–Crippen MR) is 40.7 cm³/mol. The summed E-state index contributed by atoms with van der Waals surface area (Å²) in [5, 5.41) is 0. The van der Waals surface area contributed by atoms with Crippen LogP contribution >= 0.6 is 12.2 Å². The van der Waals surface area contributed by atoms with E-state index in [-0.39, 0.29) is 5.78 Å². The smallest absolute Gasteiger partial charge is 0.177 e. The molecule has 0 bridgehead atoms. The molecule has 0 saturated heterocycles. The van der Waals surface area contributed by atoms with E-state index in [4.69, 9.17) is 12.2 Å². The minimum absolute atomic E-state index is 0.00449. The van der Waals surface area contributed by atoms with Crippen LogP contribution in [0.2, 0.25) is 0 Å². The lowest BCUT2D eigenvalue weighted by Gasteiger charge is -1.87. The lowest BCUT2D eigenvalue weighted by Crippen LogP contribution is -1.94. The van der Waals surface area contributed by atoms with Crippen molar-refractivity contribution in [3.8, 4) is 0 Å². The minimum atomic E-state index is 0.00449. The third kappa shape index (κ3) is 1.16. The maximum atomic E-state index is 10.8. The number of aryl methyl sites for hydroxylation is 1. The SMILES string of the molecule is CC(=O)c1[nH]c(=S)[nH]c1C. The van der Waals surface area contributed by atoms with Gasteiger partial charge in [0.2, 0.25) is 0 Å². The first-order chi connectivity index (χ1) is 4.61. The molecule has 54 valence electrons. The van der Waals surface area contributed by atoms with E-state index in [0.717, 1.165) is 5.69 Å². The molecule has 10 heavy (non-hydrogen) atoms. The van der Waals surface area contributed by atoms with E-state index in [2.05, 4.69) is 9.97 Å². The molecule has 0 unspecified atom stereocenters. The monoisotopic (exact) mass is 156 g/mol. The molecule has 0 aromatic carbocycles. The van der Waals surface area contributed by atoms with Crippen molar-refractivity contribution in [2.24, 2.45) is 0 Å². The number of imidazole rings is 1. The number of rotatable bonds is 1. The normalized spacial score (nSPS) is 9.80. The number of hydrogen-bond donors (Lipinski definition) is 2. The molecule has 0 aliphatic heterocycles. The summed E-state index contributed by atoms with van der Waals surface area (Å²) in [6.45, 7) is 3.31. The lowest BCUT2D eigenvalue weighted by atomic mass is 10.3. The van der Waals surface area contributed by atoms with E-state index in [1.54, 1.807) is 0 Å². The van der Waals surface area contributed by atoms with Crippen molar-refractivity contribution in [1.82, 2.24) is 9.97 Å². The van der Waals surface area contributed by atoms with E-state index in [0.29, 0.717) is 10.5 Å². The van der Waals surface area contributed by atoms with Gasteiger partial charge in [-0.05, 0) is 19.1 Å². The Morgan fingerprint density at radius 2 is 2.10 bits per heavy atom. The Bertz CT molecular complexity index is 310. The molecule has 1 rings (SSSR count). The molecule has 1 aromatic heterocycles. The van der Waals surface area contributed by atoms with Crippen LogP contribution in [0.15, 0.2) is 0 Å². The van der Waals surface area contributed by atoms with Gasteiger partial charge >= 0.3 is 0 Å². The number of ketones is 1. The highest BCUT2D eigenvalue weighted by Gasteiger charge is 2.04. The van der Waals surface area contributed by atoms with Crippen LogP contribution in [0.3, 0.4) is 0 Å². The van der Waals surface area contributed by atoms with E-state index in [9.17, 15) is 4.79 Å². The van der Waals surface area contributed by atoms with Crippen LogP contribution < -0.4 is 0 Å². The third-order valence-electron chi connectivity index (χ3n) is 1.27. The van der Waals surface area contributed by atoms with Gasteiger partial charge in [0.1, 0.15) is 5.69 Å². The summed E-state index contributed by atoms with van der Waals surface area (Å²) in [7, 11) is 0. The molecular formula is C6H8N2OS. The number of carbonyl (C=O) groups is 1. The Balaban J connectivity index is 3.28. The van der Waals surface area contributed by atoms with E-state index in [1.807, 2.05) is 6.92 Å². The summed E-state index contributed by atoms with van der Waals surface area (Å²) in [5.74, 6) is 0.00449. The van der Waals surface area contributed by atoms with Crippen LogP contribution in [-0.2, 0) is 0 Å². The zero-order valence-electron chi connectivity index (χ0n) is 5.82. The molecular weight excluding hydrogens is 148 g/mol. The second-order valence-electron chi connectivity index (χ2n) is 2.14. The second kappa shape index (κ2) is 2.38. The fourth-order valence-electron chi connectivity index (χ4n) is 0.823. The zero-order chi connectivity index (χ0) is 7.72. The van der Waals surface area contributed by atoms with Crippen molar-refractivity contribution in [2.75, 3.05) is 0 Å². The molecule has 3 nitrogen and oxygen atoms in total. The predicted octanol–water partition coefficient (Wildman–Crippen LogP) is 1.58. The number of H-pyrrole nitrogens is 2. The van der Waals surface area contributed by atoms with E-state index >= 15 is 0 Å². The second-order valence-corrected chi connectivity index (χ2v) is 2.54. The van der Waals surface area contributed by atoms with Crippen molar-refractivity contribution in [1.29, 1.82) is 0 Å². The van der Waals surface area contributed by atoms with Gasteiger partial charge in [-0.2, -0.15) is 0 Å². The Kier molecular flexibility index (Phi) is 1.72. The van der Waals surface area contributed by atoms with E-state index < -0.39 is 0 Å². The molecule has 1 aromatic rings. The Morgan fingerprint density at radius 3 is 2.30 bits per heavy atom. The molecule has 4 heteroatoms. The van der Waals surface area contributed by atoms with Gasteiger partial charge in [-0.3, -0.25) is 4.79 Å². The molecule has 0 spiro atoms. The Morgan fingerprint density at radius 1 is 1.50 bits per heavy atom.